The number of carbonyl (C=O) groups excluding carboxylic acids is 2. The average molecular weight is 917 g/mol. The Morgan fingerprint density at radius 2 is 0.889 bits per heavy atom. The minimum Gasteiger partial charge on any atom is -0.547 e. The van der Waals surface area contributed by atoms with E-state index in [0.29, 0.717) is 26.4 Å². The fourth-order valence-electron chi connectivity index (χ4n) is 6.96. The van der Waals surface area contributed by atoms with Crippen LogP contribution < -0.4 is 19.7 Å². The van der Waals surface area contributed by atoms with Crippen molar-refractivity contribution in [1.29, 1.82) is 0 Å². The van der Waals surface area contributed by atoms with Crippen LogP contribution in [0.3, 0.4) is 0 Å². The van der Waals surface area contributed by atoms with Crippen molar-refractivity contribution < 1.29 is 38.7 Å². The summed E-state index contributed by atoms with van der Waals surface area (Å²) in [5, 5.41) is 22.3. The van der Waals surface area contributed by atoms with E-state index in [-0.39, 0.29) is 50.6 Å². The minimum absolute atomic E-state index is 0. The molecule has 328 valence electrons. The van der Waals surface area contributed by atoms with E-state index in [1.165, 1.54) is 43.7 Å². The number of aryl methyl sites for hydroxylation is 2. The standard InChI is InChI=1S/2C25H29NO4S.Ca/c2*1-4-29-24(25(27)28)17-19-6-10-21(11-7-19)30-16-15-26-18(2)5-14-23(26)20-8-12-22(31-3)13-9-20;/h2*5-14,24H,4,15-17H2,1-3H3,(H,27,28);/q;;+2/p-2. The van der Waals surface area contributed by atoms with Crippen LogP contribution in [0.2, 0.25) is 0 Å². The Morgan fingerprint density at radius 3 is 1.19 bits per heavy atom. The van der Waals surface area contributed by atoms with Crippen molar-refractivity contribution in [1.82, 2.24) is 9.13 Å². The monoisotopic (exact) mass is 916 g/mol. The second-order valence-electron chi connectivity index (χ2n) is 14.4. The number of carboxylic acid groups (broad SMARTS) is 2. The number of aromatic nitrogens is 2. The van der Waals surface area contributed by atoms with E-state index in [4.69, 9.17) is 18.9 Å². The van der Waals surface area contributed by atoms with Crippen molar-refractivity contribution in [2.24, 2.45) is 0 Å². The predicted molar refractivity (Wildman–Crippen MR) is 251 cm³/mol. The van der Waals surface area contributed by atoms with Gasteiger partial charge in [0.05, 0.1) is 25.0 Å². The smallest absolute Gasteiger partial charge is 0.547 e. The Balaban J connectivity index is 0.000000272. The van der Waals surface area contributed by atoms with Gasteiger partial charge in [-0.3, -0.25) is 0 Å². The van der Waals surface area contributed by atoms with Gasteiger partial charge in [0.1, 0.15) is 36.9 Å². The van der Waals surface area contributed by atoms with Crippen LogP contribution >= 0.6 is 23.5 Å². The maximum atomic E-state index is 11.1. The molecule has 4 aromatic carbocycles. The zero-order chi connectivity index (χ0) is 44.4. The van der Waals surface area contributed by atoms with Crippen molar-refractivity contribution in [3.63, 3.8) is 0 Å². The summed E-state index contributed by atoms with van der Waals surface area (Å²) in [6.45, 7) is 10.9. The van der Waals surface area contributed by atoms with E-state index >= 15 is 0 Å². The Bertz CT molecular complexity index is 2130. The van der Waals surface area contributed by atoms with Gasteiger partial charge in [0.25, 0.3) is 0 Å². The molecule has 6 aromatic rings. The third-order valence-corrected chi connectivity index (χ3v) is 11.8. The summed E-state index contributed by atoms with van der Waals surface area (Å²) in [4.78, 5) is 24.8. The minimum atomic E-state index is -1.19. The molecule has 0 amide bonds. The molecule has 0 aliphatic rings. The molecule has 0 spiro atoms. The van der Waals surface area contributed by atoms with Crippen molar-refractivity contribution in [2.45, 2.75) is 75.6 Å². The van der Waals surface area contributed by atoms with Gasteiger partial charge >= 0.3 is 37.7 Å². The maximum absolute atomic E-state index is 11.1. The first-order valence-electron chi connectivity index (χ1n) is 20.7. The SMILES string of the molecule is CCOC(Cc1ccc(OCCn2c(C)ccc2-c2ccc(SC)cc2)cc1)C(=O)[O-].CCOC(Cc1ccc(OCCn2c(C)ccc2-c2ccc(SC)cc2)cc1)C(=O)[O-].[Ca+2]. The molecule has 0 fully saturated rings. The van der Waals surface area contributed by atoms with Crippen molar-refractivity contribution in [2.75, 3.05) is 38.9 Å². The first-order chi connectivity index (χ1) is 30.0. The Kier molecular flexibility index (Phi) is 21.7. The molecule has 2 aromatic heterocycles. The number of rotatable bonds is 22. The van der Waals surface area contributed by atoms with Crippen LogP contribution in [-0.4, -0.2) is 110 Å². The topological polar surface area (TPSA) is 127 Å². The number of benzene rings is 4. The van der Waals surface area contributed by atoms with Crippen LogP contribution in [0.15, 0.2) is 131 Å². The van der Waals surface area contributed by atoms with E-state index in [1.807, 2.05) is 48.5 Å². The molecule has 0 N–H and O–H groups in total. The quantitative estimate of drug-likeness (QED) is 0.0498. The van der Waals surface area contributed by atoms with Gasteiger partial charge in [-0.25, -0.2) is 0 Å². The van der Waals surface area contributed by atoms with Crippen molar-refractivity contribution >= 4 is 73.2 Å². The Hall–Kier alpha value is -4.14. The molecule has 0 saturated heterocycles. The molecular formula is C50H56CaN2O8S2. The molecule has 0 aliphatic heterocycles. The summed E-state index contributed by atoms with van der Waals surface area (Å²) in [5.41, 5.74) is 8.83. The van der Waals surface area contributed by atoms with E-state index in [9.17, 15) is 19.8 Å². The number of ether oxygens (including phenoxy) is 4. The summed E-state index contributed by atoms with van der Waals surface area (Å²) in [7, 11) is 0. The van der Waals surface area contributed by atoms with Gasteiger partial charge in [0.2, 0.25) is 0 Å². The fraction of sp³-hybridized carbons (Fsp3) is 0.320. The molecule has 0 bridgehead atoms. The van der Waals surface area contributed by atoms with Gasteiger partial charge < -0.3 is 47.9 Å². The van der Waals surface area contributed by atoms with Crippen LogP contribution in [0, 0.1) is 13.8 Å². The summed E-state index contributed by atoms with van der Waals surface area (Å²) >= 11 is 3.47. The molecule has 2 atom stereocenters. The van der Waals surface area contributed by atoms with Gasteiger partial charge in [-0.2, -0.15) is 0 Å². The maximum Gasteiger partial charge on any atom is 2.00 e. The Labute approximate surface area is 410 Å². The van der Waals surface area contributed by atoms with E-state index in [2.05, 4.69) is 108 Å². The number of carboxylic acids is 2. The predicted octanol–water partition coefficient (Wildman–Crippen LogP) is 7.54. The first-order valence-corrected chi connectivity index (χ1v) is 23.2. The third kappa shape index (κ3) is 15.5. The van der Waals surface area contributed by atoms with Gasteiger partial charge in [0, 0.05) is 58.6 Å². The van der Waals surface area contributed by atoms with E-state index in [0.717, 1.165) is 35.7 Å². The number of hydrogen-bond donors (Lipinski definition) is 0. The van der Waals surface area contributed by atoms with Crippen molar-refractivity contribution in [3.05, 3.63) is 144 Å². The van der Waals surface area contributed by atoms with Gasteiger partial charge in [-0.1, -0.05) is 48.5 Å². The summed E-state index contributed by atoms with van der Waals surface area (Å²) < 4.78 is 26.8. The normalized spacial score (nSPS) is 11.8. The second kappa shape index (κ2) is 26.6. The number of hydrogen-bond acceptors (Lipinski definition) is 10. The molecule has 13 heteroatoms. The van der Waals surface area contributed by atoms with Crippen LogP contribution in [0.1, 0.15) is 36.4 Å². The Morgan fingerprint density at radius 1 is 0.540 bits per heavy atom. The zero-order valence-corrected chi connectivity index (χ0v) is 40.9. The second-order valence-corrected chi connectivity index (χ2v) is 16.2. The van der Waals surface area contributed by atoms with Crippen LogP contribution in [0.4, 0.5) is 0 Å². The zero-order valence-electron chi connectivity index (χ0n) is 37.0. The molecule has 0 aliphatic carbocycles. The molecule has 10 nitrogen and oxygen atoms in total. The van der Waals surface area contributed by atoms with E-state index < -0.39 is 24.1 Å². The number of nitrogens with zero attached hydrogens (tertiary/aromatic N) is 2. The third-order valence-electron chi connectivity index (χ3n) is 10.3. The van der Waals surface area contributed by atoms with Gasteiger partial charge in [0.15, 0.2) is 0 Å². The molecule has 6 rings (SSSR count). The van der Waals surface area contributed by atoms with E-state index in [1.54, 1.807) is 37.4 Å². The number of thioether (sulfide) groups is 2. The molecule has 2 heterocycles. The summed E-state index contributed by atoms with van der Waals surface area (Å²) in [5.74, 6) is -0.881. The first kappa shape index (κ1) is 51.5. The van der Waals surface area contributed by atoms with Gasteiger partial charge in [-0.15, -0.1) is 23.5 Å². The molecule has 63 heavy (non-hydrogen) atoms. The fourth-order valence-corrected chi connectivity index (χ4v) is 7.78. The van der Waals surface area contributed by atoms with Crippen molar-refractivity contribution in [3.8, 4) is 34.0 Å². The molecular weight excluding hydrogens is 861 g/mol. The molecule has 0 radical (unpaired) electrons. The van der Waals surface area contributed by atoms with Crippen LogP contribution in [-0.2, 0) is 45.0 Å². The number of aliphatic carboxylic acids is 2. The van der Waals surface area contributed by atoms with Crippen LogP contribution in [0.25, 0.3) is 22.5 Å². The molecule has 2 unspecified atom stereocenters. The summed E-state index contributed by atoms with van der Waals surface area (Å²) in [6.07, 6.45) is 2.84. The van der Waals surface area contributed by atoms with Crippen LogP contribution in [0.5, 0.6) is 11.5 Å². The van der Waals surface area contributed by atoms with Gasteiger partial charge in [-0.05, 0) is 135 Å². The largest absolute Gasteiger partial charge is 2.00 e. The molecule has 0 saturated carbocycles. The number of carbonyl (C=O) groups is 2. The average Bonchev–Trinajstić information content (AvgIpc) is 3.85. The summed E-state index contributed by atoms with van der Waals surface area (Å²) in [6, 6.07) is 40.6.